The first-order valence-corrected chi connectivity index (χ1v) is 30.1. The quantitative estimate of drug-likeness (QED) is 0.141. The Kier molecular flexibility index (Phi) is 12.7. The molecule has 14 rings (SSSR count). The minimum atomic E-state index is 0.894. The third-order valence-electron chi connectivity index (χ3n) is 18.3. The lowest BCUT2D eigenvalue weighted by Crippen LogP contribution is -1.99. The van der Waals surface area contributed by atoms with Gasteiger partial charge in [0.25, 0.3) is 0 Å². The summed E-state index contributed by atoms with van der Waals surface area (Å²) in [6.07, 6.45) is 13.5. The monoisotopic (exact) mass is 1090 g/mol. The molecule has 0 aliphatic carbocycles. The maximum Gasteiger partial charge on any atom is 0.0737 e. The van der Waals surface area contributed by atoms with E-state index in [-0.39, 0.29) is 0 Å². The van der Waals surface area contributed by atoms with Crippen molar-refractivity contribution in [1.29, 1.82) is 0 Å². The van der Waals surface area contributed by atoms with E-state index in [4.69, 9.17) is 9.97 Å². The molecule has 0 saturated heterocycles. The normalized spacial score (nSPS) is 12.4. The van der Waals surface area contributed by atoms with Crippen molar-refractivity contribution in [3.05, 3.63) is 212 Å². The summed E-state index contributed by atoms with van der Waals surface area (Å²) in [4.78, 5) is 19.7. The molecule has 6 heteroatoms. The Balaban J connectivity index is 1.10. The zero-order valence-electron chi connectivity index (χ0n) is 50.6. The summed E-state index contributed by atoms with van der Waals surface area (Å²) in [5, 5.41) is 5.28. The highest BCUT2D eigenvalue weighted by Gasteiger charge is 2.27. The summed E-state index contributed by atoms with van der Waals surface area (Å²) in [7, 11) is 4.54. The third-order valence-corrected chi connectivity index (χ3v) is 18.3. The van der Waals surface area contributed by atoms with Crippen molar-refractivity contribution < 1.29 is 0 Å². The summed E-state index contributed by atoms with van der Waals surface area (Å²) in [5.41, 5.74) is 36.5. The average molecular weight is 1090 g/mol. The molecule has 414 valence electrons. The predicted molar refractivity (Wildman–Crippen MR) is 360 cm³/mol. The van der Waals surface area contributed by atoms with Crippen molar-refractivity contribution in [1.82, 2.24) is 29.1 Å². The van der Waals surface area contributed by atoms with Crippen LogP contribution in [0.5, 0.6) is 0 Å². The second-order valence-electron chi connectivity index (χ2n) is 24.3. The van der Waals surface area contributed by atoms with Crippen LogP contribution >= 0.6 is 0 Å². The zero-order valence-corrected chi connectivity index (χ0v) is 50.6. The van der Waals surface area contributed by atoms with E-state index in [1.165, 1.54) is 140 Å². The van der Waals surface area contributed by atoms with E-state index in [1.807, 2.05) is 0 Å². The first-order chi connectivity index (χ1) is 40.7. The molecule has 7 aromatic carbocycles. The largest absolute Gasteiger partial charge is 0.354 e. The highest BCUT2D eigenvalue weighted by molar-refractivity contribution is 6.28. The summed E-state index contributed by atoms with van der Waals surface area (Å²) >= 11 is 0. The minimum absolute atomic E-state index is 0.894. The molecule has 0 amide bonds. The van der Waals surface area contributed by atoms with E-state index in [1.54, 1.807) is 0 Å². The molecule has 0 fully saturated rings. The molecule has 0 saturated carbocycles. The highest BCUT2D eigenvalue weighted by Crippen LogP contribution is 2.49. The Bertz CT molecular complexity index is 4890. The molecule has 2 aliphatic rings. The van der Waals surface area contributed by atoms with E-state index < -0.39 is 0 Å². The molecular formula is C78H72N6. The molecule has 0 atom stereocenters. The maximum atomic E-state index is 5.80. The Morgan fingerprint density at radius 3 is 1.14 bits per heavy atom. The van der Waals surface area contributed by atoms with Gasteiger partial charge in [-0.3, -0.25) is 0 Å². The van der Waals surface area contributed by atoms with Crippen LogP contribution in [0.2, 0.25) is 0 Å². The molecule has 0 unspecified atom stereocenters. The van der Waals surface area contributed by atoms with Gasteiger partial charge in [-0.05, 0) is 203 Å². The molecule has 5 aromatic heterocycles. The first-order valence-electron chi connectivity index (χ1n) is 30.1. The lowest BCUT2D eigenvalue weighted by molar-refractivity contribution is 0.720. The first kappa shape index (κ1) is 52.8. The van der Waals surface area contributed by atoms with Crippen molar-refractivity contribution in [2.75, 3.05) is 0 Å². The molecule has 84 heavy (non-hydrogen) atoms. The lowest BCUT2D eigenvalue weighted by Gasteiger charge is -2.16. The molecule has 8 bridgehead atoms. The van der Waals surface area contributed by atoms with Crippen LogP contribution in [-0.4, -0.2) is 29.1 Å². The topological polar surface area (TPSA) is 67.2 Å². The van der Waals surface area contributed by atoms with E-state index >= 15 is 0 Å². The Morgan fingerprint density at radius 1 is 0.369 bits per heavy atom. The molecule has 2 aliphatic heterocycles. The third kappa shape index (κ3) is 8.35. The van der Waals surface area contributed by atoms with Crippen LogP contribution in [0.4, 0.5) is 0 Å². The highest BCUT2D eigenvalue weighted by atomic mass is 15.0. The van der Waals surface area contributed by atoms with Crippen molar-refractivity contribution in [2.45, 2.75) is 94.9 Å². The number of aromatic amines is 2. The van der Waals surface area contributed by atoms with Crippen molar-refractivity contribution >= 4 is 90.0 Å². The van der Waals surface area contributed by atoms with Gasteiger partial charge >= 0.3 is 0 Å². The number of hydrogen-bond donors (Lipinski definition) is 2. The van der Waals surface area contributed by atoms with E-state index in [2.05, 4.69) is 260 Å². The second kappa shape index (κ2) is 20.3. The lowest BCUT2D eigenvalue weighted by atomic mass is 9.90. The number of fused-ring (bicyclic) bond motifs is 14. The number of H-pyrrole nitrogens is 2. The van der Waals surface area contributed by atoms with Crippen LogP contribution in [0.1, 0.15) is 105 Å². The van der Waals surface area contributed by atoms with Gasteiger partial charge in [-0.1, -0.05) is 134 Å². The molecule has 12 aromatic rings. The molecular weight excluding hydrogens is 1020 g/mol. The van der Waals surface area contributed by atoms with Crippen molar-refractivity contribution in [3.63, 3.8) is 0 Å². The summed E-state index contributed by atoms with van der Waals surface area (Å²) in [6.45, 7) is 22.3. The van der Waals surface area contributed by atoms with Crippen LogP contribution in [0.3, 0.4) is 0 Å². The number of rotatable bonds is 9. The average Bonchev–Trinajstić information content (AvgIpc) is 2.46. The van der Waals surface area contributed by atoms with Gasteiger partial charge in [-0.2, -0.15) is 0 Å². The Labute approximate surface area is 492 Å². The van der Waals surface area contributed by atoms with E-state index in [0.717, 1.165) is 85.5 Å². The van der Waals surface area contributed by atoms with Gasteiger partial charge in [-0.15, -0.1) is 0 Å². The van der Waals surface area contributed by atoms with Crippen molar-refractivity contribution in [3.8, 4) is 55.6 Å². The Morgan fingerprint density at radius 2 is 0.726 bits per heavy atom. The van der Waals surface area contributed by atoms with Gasteiger partial charge in [0.05, 0.1) is 33.8 Å². The van der Waals surface area contributed by atoms with Crippen molar-refractivity contribution in [2.24, 2.45) is 14.1 Å². The van der Waals surface area contributed by atoms with Gasteiger partial charge < -0.3 is 19.1 Å². The number of benzene rings is 7. The number of nitrogens with zero attached hydrogens (tertiary/aromatic N) is 4. The second-order valence-corrected chi connectivity index (χ2v) is 24.3. The number of aromatic nitrogens is 6. The van der Waals surface area contributed by atoms with Gasteiger partial charge in [0.15, 0.2) is 0 Å². The van der Waals surface area contributed by atoms with Crippen LogP contribution in [0.15, 0.2) is 133 Å². The SMILES string of the molecule is CCCCCc1c2c3ccccc3n(C)c2c(-c2ccc(-c3c4nc(c(-c5c(C)cc(C)cc5C)c5ccc([nH]5)c(-c5c(C)cc(C)cc5C)c5nc(c(-c6c(C)cc(C)cc6C)c6ccc3[nH]6)C=C5)C=C4)cc2)c2c3ccccc3n(C)c12. The van der Waals surface area contributed by atoms with Crippen LogP contribution in [0, 0.1) is 62.3 Å². The molecule has 7 heterocycles. The smallest absolute Gasteiger partial charge is 0.0737 e. The van der Waals surface area contributed by atoms with E-state index in [9.17, 15) is 0 Å². The molecule has 0 radical (unpaired) electrons. The number of hydrogen-bond acceptors (Lipinski definition) is 2. The summed E-state index contributed by atoms with van der Waals surface area (Å²) in [6, 6.07) is 50.3. The van der Waals surface area contributed by atoms with Crippen LogP contribution in [0.25, 0.3) is 146 Å². The fourth-order valence-corrected chi connectivity index (χ4v) is 15.1. The zero-order chi connectivity index (χ0) is 58.0. The number of unbranched alkanes of at least 4 members (excludes halogenated alkanes) is 2. The number of nitrogens with one attached hydrogen (secondary N) is 2. The minimum Gasteiger partial charge on any atom is -0.354 e. The maximum absolute atomic E-state index is 5.80. The van der Waals surface area contributed by atoms with Crippen LogP contribution < -0.4 is 0 Å². The number of para-hydroxylation sites is 2. The van der Waals surface area contributed by atoms with Gasteiger partial charge in [0.1, 0.15) is 0 Å². The van der Waals surface area contributed by atoms with Gasteiger partial charge in [-0.25, -0.2) is 9.97 Å². The summed E-state index contributed by atoms with van der Waals surface area (Å²) in [5.74, 6) is 0. The number of aryl methyl sites for hydroxylation is 12. The molecule has 0 spiro atoms. The Hall–Kier alpha value is -9.26. The fourth-order valence-electron chi connectivity index (χ4n) is 15.1. The van der Waals surface area contributed by atoms with Crippen LogP contribution in [-0.2, 0) is 20.5 Å². The van der Waals surface area contributed by atoms with E-state index in [0.29, 0.717) is 0 Å². The fraction of sp³-hybridized carbons (Fsp3) is 0.205. The molecule has 2 N–H and O–H groups in total. The molecule has 6 nitrogen and oxygen atoms in total. The predicted octanol–water partition coefficient (Wildman–Crippen LogP) is 20.8. The standard InChI is InChI=1S/C78H72N6/c1-13-14-15-22-56-72-54-20-16-18-23-65(54)84(12)78(72)71(73-55-21-17-19-24-66(55)83(11)77(56)73)53-27-25-52(26-28-53)70-57-29-31-59(79-57)74(67-46(5)37-43(2)38-47(67)6)61-33-35-63(81-61)76(69-50(9)41-45(4)42-51(69)10)64-36-34-62(82-64)75(60-32-30-58(70)80-60)68-48(7)39-44(3)40-49(68)8/h16-21,23-42,79,82H,13-15,22H2,1-12H3. The summed E-state index contributed by atoms with van der Waals surface area (Å²) < 4.78 is 4.93. The van der Waals surface area contributed by atoms with Gasteiger partial charge in [0, 0.05) is 96.6 Å². The van der Waals surface area contributed by atoms with Gasteiger partial charge in [0.2, 0.25) is 0 Å².